The normalized spacial score (nSPS) is 19.4. The van der Waals surface area contributed by atoms with Gasteiger partial charge in [-0.15, -0.1) is 10.2 Å². The van der Waals surface area contributed by atoms with Gasteiger partial charge >= 0.3 is 0 Å². The quantitative estimate of drug-likeness (QED) is 0.494. The van der Waals surface area contributed by atoms with E-state index in [1.165, 1.54) is 0 Å². The molecule has 0 unspecified atom stereocenters. The summed E-state index contributed by atoms with van der Waals surface area (Å²) in [5.41, 5.74) is 3.07. The number of halogens is 2. The summed E-state index contributed by atoms with van der Waals surface area (Å²) in [7, 11) is 0. The molecule has 0 bridgehead atoms. The van der Waals surface area contributed by atoms with E-state index in [2.05, 4.69) is 30.6 Å². The third-order valence-corrected chi connectivity index (χ3v) is 8.32. The first kappa shape index (κ1) is 22.5. The second kappa shape index (κ2) is 7.78. The Hall–Kier alpha value is -2.95. The maximum absolute atomic E-state index is 14.6. The minimum Gasteiger partial charge on any atom is -0.368 e. The largest absolute Gasteiger partial charge is 0.368 e. The maximum Gasteiger partial charge on any atom is 0.151 e. The van der Waals surface area contributed by atoms with Gasteiger partial charge < -0.3 is 4.90 Å². The fourth-order valence-electron chi connectivity index (χ4n) is 5.99. The first-order valence-electron chi connectivity index (χ1n) is 12.1. The van der Waals surface area contributed by atoms with Gasteiger partial charge in [-0.2, -0.15) is 5.26 Å². The van der Waals surface area contributed by atoms with E-state index in [4.69, 9.17) is 11.6 Å². The molecule has 1 saturated heterocycles. The number of hydrogen-bond acceptors (Lipinski definition) is 5. The number of aromatic nitrogens is 3. The molecule has 0 atom stereocenters. The van der Waals surface area contributed by atoms with Crippen LogP contribution in [0.1, 0.15) is 55.4 Å². The van der Waals surface area contributed by atoms with Crippen molar-refractivity contribution in [3.8, 4) is 11.8 Å². The van der Waals surface area contributed by atoms with E-state index in [0.717, 1.165) is 48.8 Å². The van der Waals surface area contributed by atoms with Crippen LogP contribution in [-0.2, 0) is 13.1 Å². The van der Waals surface area contributed by atoms with Crippen molar-refractivity contribution < 1.29 is 4.39 Å². The van der Waals surface area contributed by atoms with Gasteiger partial charge in [-0.05, 0) is 69.0 Å². The Morgan fingerprint density at radius 1 is 1.11 bits per heavy atom. The SMILES string of the molecule is Cc1cccc(N2CC3(CC(c4nnc5n4-c4ccc(Cl)cc4CN(C(C)(C)C#N)C5)C3)C2)c1F. The summed E-state index contributed by atoms with van der Waals surface area (Å²) in [6.45, 7) is 8.58. The molecular formula is C27H28ClFN6. The number of hydrogen-bond donors (Lipinski definition) is 0. The predicted molar refractivity (Wildman–Crippen MR) is 133 cm³/mol. The maximum atomic E-state index is 14.6. The number of anilines is 1. The van der Waals surface area contributed by atoms with Crippen LogP contribution in [-0.4, -0.2) is 38.3 Å². The minimum atomic E-state index is -0.651. The summed E-state index contributed by atoms with van der Waals surface area (Å²) in [6, 6.07) is 14.0. The summed E-state index contributed by atoms with van der Waals surface area (Å²) in [5.74, 6) is 2.02. The van der Waals surface area contributed by atoms with Gasteiger partial charge in [-0.25, -0.2) is 4.39 Å². The van der Waals surface area contributed by atoms with E-state index in [9.17, 15) is 9.65 Å². The van der Waals surface area contributed by atoms with Crippen LogP contribution in [0.15, 0.2) is 36.4 Å². The lowest BCUT2D eigenvalue weighted by molar-refractivity contribution is 0.0582. The second-order valence-electron chi connectivity index (χ2n) is 11.0. The Morgan fingerprint density at radius 3 is 2.63 bits per heavy atom. The molecule has 6 rings (SSSR count). The Labute approximate surface area is 209 Å². The second-order valence-corrected chi connectivity index (χ2v) is 11.4. The molecule has 2 fully saturated rings. The molecule has 3 aromatic rings. The summed E-state index contributed by atoms with van der Waals surface area (Å²) < 4.78 is 16.8. The Balaban J connectivity index is 1.27. The molecule has 1 spiro atoms. The molecule has 1 aromatic heterocycles. The highest BCUT2D eigenvalue weighted by molar-refractivity contribution is 6.30. The third-order valence-electron chi connectivity index (χ3n) is 8.08. The zero-order chi connectivity index (χ0) is 24.5. The van der Waals surface area contributed by atoms with Crippen LogP contribution < -0.4 is 4.90 Å². The van der Waals surface area contributed by atoms with Gasteiger partial charge in [0.25, 0.3) is 0 Å². The van der Waals surface area contributed by atoms with Gasteiger partial charge in [0.1, 0.15) is 17.2 Å². The first-order valence-corrected chi connectivity index (χ1v) is 12.5. The zero-order valence-corrected chi connectivity index (χ0v) is 21.0. The van der Waals surface area contributed by atoms with Crippen molar-refractivity contribution >= 4 is 17.3 Å². The topological polar surface area (TPSA) is 61.0 Å². The highest BCUT2D eigenvalue weighted by Gasteiger charge is 2.54. The van der Waals surface area contributed by atoms with Gasteiger partial charge in [0.15, 0.2) is 5.82 Å². The van der Waals surface area contributed by atoms with Crippen LogP contribution in [0.4, 0.5) is 10.1 Å². The van der Waals surface area contributed by atoms with E-state index in [-0.39, 0.29) is 11.2 Å². The summed E-state index contributed by atoms with van der Waals surface area (Å²) in [6.07, 6.45) is 2.04. The van der Waals surface area contributed by atoms with Crippen LogP contribution in [0.2, 0.25) is 5.02 Å². The van der Waals surface area contributed by atoms with Crippen molar-refractivity contribution in [1.29, 1.82) is 5.26 Å². The lowest BCUT2D eigenvalue weighted by atomic mass is 9.57. The molecule has 2 aliphatic heterocycles. The number of aryl methyl sites for hydroxylation is 1. The van der Waals surface area contributed by atoms with E-state index in [1.54, 1.807) is 0 Å². The van der Waals surface area contributed by atoms with E-state index in [1.807, 2.05) is 57.2 Å². The molecule has 6 nitrogen and oxygen atoms in total. The predicted octanol–water partition coefficient (Wildman–Crippen LogP) is 5.37. The summed E-state index contributed by atoms with van der Waals surface area (Å²) >= 11 is 6.36. The molecular weight excluding hydrogens is 463 g/mol. The molecule has 0 amide bonds. The van der Waals surface area contributed by atoms with Crippen molar-refractivity contribution in [2.24, 2.45) is 5.41 Å². The Morgan fingerprint density at radius 2 is 1.89 bits per heavy atom. The number of fused-ring (bicyclic) bond motifs is 3. The number of nitrogens with zero attached hydrogens (tertiary/aromatic N) is 6. The van der Waals surface area contributed by atoms with E-state index >= 15 is 0 Å². The number of rotatable bonds is 3. The van der Waals surface area contributed by atoms with Crippen molar-refractivity contribution in [3.05, 3.63) is 70.0 Å². The van der Waals surface area contributed by atoms with Crippen LogP contribution in [0.3, 0.4) is 0 Å². The highest BCUT2D eigenvalue weighted by Crippen LogP contribution is 2.57. The smallest absolute Gasteiger partial charge is 0.151 e. The molecule has 0 N–H and O–H groups in total. The van der Waals surface area contributed by atoms with Crippen LogP contribution in [0.25, 0.3) is 5.69 Å². The molecule has 1 saturated carbocycles. The standard InChI is InChI=1S/C27H28ClFN6/c1-17-5-4-6-22(24(17)29)33-15-27(16-33)10-19(11-27)25-32-31-23-13-34(26(2,3)14-30)12-18-9-20(28)7-8-21(18)35(23)25/h4-9,19H,10-13,15-16H2,1-3H3. The monoisotopic (exact) mass is 490 g/mol. The fourth-order valence-corrected chi connectivity index (χ4v) is 6.19. The van der Waals surface area contributed by atoms with Crippen LogP contribution in [0, 0.1) is 29.5 Å². The lowest BCUT2D eigenvalue weighted by Crippen LogP contribution is -2.62. The molecule has 1 aliphatic carbocycles. The highest BCUT2D eigenvalue weighted by atomic mass is 35.5. The average molecular weight is 491 g/mol. The zero-order valence-electron chi connectivity index (χ0n) is 20.2. The van der Waals surface area contributed by atoms with Crippen molar-refractivity contribution in [1.82, 2.24) is 19.7 Å². The van der Waals surface area contributed by atoms with Crippen LogP contribution in [0.5, 0.6) is 0 Å². The minimum absolute atomic E-state index is 0.110. The van der Waals surface area contributed by atoms with E-state index in [0.29, 0.717) is 35.3 Å². The van der Waals surface area contributed by atoms with Gasteiger partial charge in [0.2, 0.25) is 0 Å². The summed E-state index contributed by atoms with van der Waals surface area (Å²) in [5, 5.41) is 19.7. The lowest BCUT2D eigenvalue weighted by Gasteiger charge is -2.59. The van der Waals surface area contributed by atoms with Gasteiger partial charge in [-0.3, -0.25) is 9.47 Å². The molecule has 35 heavy (non-hydrogen) atoms. The number of benzene rings is 2. The van der Waals surface area contributed by atoms with Crippen molar-refractivity contribution in [2.75, 3.05) is 18.0 Å². The van der Waals surface area contributed by atoms with Crippen molar-refractivity contribution in [2.45, 2.75) is 58.2 Å². The number of nitriles is 1. The fraction of sp³-hybridized carbons (Fsp3) is 0.444. The van der Waals surface area contributed by atoms with Gasteiger partial charge in [0.05, 0.1) is 24.0 Å². The average Bonchev–Trinajstić information content (AvgIpc) is 3.09. The molecule has 3 aliphatic rings. The van der Waals surface area contributed by atoms with Crippen LogP contribution >= 0.6 is 11.6 Å². The molecule has 2 aromatic carbocycles. The van der Waals surface area contributed by atoms with Crippen molar-refractivity contribution in [3.63, 3.8) is 0 Å². The van der Waals surface area contributed by atoms with Gasteiger partial charge in [0, 0.05) is 36.0 Å². The van der Waals surface area contributed by atoms with Gasteiger partial charge in [-0.1, -0.05) is 23.7 Å². The Kier molecular flexibility index (Phi) is 5.00. The summed E-state index contributed by atoms with van der Waals surface area (Å²) in [4.78, 5) is 4.28. The molecule has 8 heteroatoms. The molecule has 180 valence electrons. The third kappa shape index (κ3) is 3.54. The molecule has 3 heterocycles. The first-order chi connectivity index (χ1) is 16.7. The molecule has 0 radical (unpaired) electrons. The van der Waals surface area contributed by atoms with E-state index < -0.39 is 5.54 Å². The Bertz CT molecular complexity index is 1360.